The summed E-state index contributed by atoms with van der Waals surface area (Å²) in [4.78, 5) is 6.66. The lowest BCUT2D eigenvalue weighted by Gasteiger charge is -2.14. The first-order valence-electron chi connectivity index (χ1n) is 7.35. The monoisotopic (exact) mass is 404 g/mol. The number of benzene rings is 1. The van der Waals surface area contributed by atoms with E-state index in [0.29, 0.717) is 5.96 Å². The topological polar surface area (TPSA) is 53.6 Å². The number of aryl methyl sites for hydroxylation is 2. The fraction of sp³-hybridized carbons (Fsp3) is 0.562. The molecule has 0 radical (unpaired) electrons. The predicted octanol–water partition coefficient (Wildman–Crippen LogP) is 3.38. The fourth-order valence-corrected chi connectivity index (χ4v) is 2.12. The van der Waals surface area contributed by atoms with E-state index in [1.807, 2.05) is 0 Å². The maximum atomic E-state index is 5.91. The molecule has 0 fully saturated rings. The van der Waals surface area contributed by atoms with Crippen molar-refractivity contribution in [2.24, 2.45) is 10.7 Å². The van der Waals surface area contributed by atoms with Crippen LogP contribution in [0.5, 0.6) is 0 Å². The van der Waals surface area contributed by atoms with E-state index in [2.05, 4.69) is 61.2 Å². The van der Waals surface area contributed by atoms with Gasteiger partial charge in [-0.25, -0.2) is 0 Å². The van der Waals surface area contributed by atoms with Crippen LogP contribution in [-0.2, 0) is 0 Å². The first-order valence-corrected chi connectivity index (χ1v) is 7.35. The maximum absolute atomic E-state index is 5.91. The molecule has 0 saturated carbocycles. The number of nitrogens with one attached hydrogen (secondary N) is 1. The molecule has 1 aromatic carbocycles. The third-order valence-electron chi connectivity index (χ3n) is 3.15. The van der Waals surface area contributed by atoms with Crippen molar-refractivity contribution in [2.45, 2.75) is 33.6 Å². The van der Waals surface area contributed by atoms with Gasteiger partial charge in [-0.2, -0.15) is 0 Å². The van der Waals surface area contributed by atoms with Crippen LogP contribution in [0.15, 0.2) is 23.2 Å². The van der Waals surface area contributed by atoms with E-state index in [0.717, 1.165) is 25.3 Å². The second-order valence-electron chi connectivity index (χ2n) is 5.43. The molecule has 120 valence electrons. The van der Waals surface area contributed by atoms with E-state index >= 15 is 0 Å². The van der Waals surface area contributed by atoms with Crippen LogP contribution in [-0.4, -0.2) is 37.5 Å². The van der Waals surface area contributed by atoms with Crippen molar-refractivity contribution in [1.82, 2.24) is 4.90 Å². The molecule has 0 atom stereocenters. The number of unbranched alkanes of at least 4 members (excludes halogenated alkanes) is 1. The zero-order chi connectivity index (χ0) is 15.0. The average Bonchev–Trinajstić information content (AvgIpc) is 2.35. The quantitative estimate of drug-likeness (QED) is 0.416. The van der Waals surface area contributed by atoms with E-state index < -0.39 is 0 Å². The molecule has 0 heterocycles. The minimum absolute atomic E-state index is 0. The summed E-state index contributed by atoms with van der Waals surface area (Å²) in [5, 5.41) is 3.15. The first-order chi connectivity index (χ1) is 9.51. The Labute approximate surface area is 146 Å². The van der Waals surface area contributed by atoms with Gasteiger partial charge in [0.15, 0.2) is 5.96 Å². The molecule has 0 aliphatic rings. The van der Waals surface area contributed by atoms with Gasteiger partial charge in [-0.15, -0.1) is 24.0 Å². The van der Waals surface area contributed by atoms with Crippen molar-refractivity contribution < 1.29 is 0 Å². The molecule has 5 heteroatoms. The lowest BCUT2D eigenvalue weighted by molar-refractivity contribution is 0.337. The van der Waals surface area contributed by atoms with Crippen LogP contribution < -0.4 is 11.1 Å². The third kappa shape index (κ3) is 8.93. The molecule has 0 aromatic heterocycles. The van der Waals surface area contributed by atoms with Gasteiger partial charge in [0, 0.05) is 12.2 Å². The highest BCUT2D eigenvalue weighted by Crippen LogP contribution is 2.13. The molecule has 3 N–H and O–H groups in total. The smallest absolute Gasteiger partial charge is 0.193 e. The normalized spacial score (nSPS) is 11.4. The van der Waals surface area contributed by atoms with Crippen LogP contribution >= 0.6 is 24.0 Å². The summed E-state index contributed by atoms with van der Waals surface area (Å²) >= 11 is 0. The molecule has 21 heavy (non-hydrogen) atoms. The molecular weight excluding hydrogens is 375 g/mol. The lowest BCUT2D eigenvalue weighted by atomic mass is 10.1. The van der Waals surface area contributed by atoms with Crippen molar-refractivity contribution in [3.05, 3.63) is 29.3 Å². The van der Waals surface area contributed by atoms with E-state index in [9.17, 15) is 0 Å². The standard InChI is InChI=1S/C16H28N4.HI/c1-5-6-8-20(4)9-7-18-16(17)19-15-11-13(2)10-14(3)12-15;/h10-12H,5-9H2,1-4H3,(H3,17,18,19);1H. The van der Waals surface area contributed by atoms with Crippen molar-refractivity contribution in [3.8, 4) is 0 Å². The minimum Gasteiger partial charge on any atom is -0.370 e. The molecule has 0 bridgehead atoms. The average molecular weight is 404 g/mol. The fourth-order valence-electron chi connectivity index (χ4n) is 2.12. The number of nitrogens with zero attached hydrogens (tertiary/aromatic N) is 2. The number of aliphatic imine (C=N–C) groups is 1. The van der Waals surface area contributed by atoms with Crippen LogP contribution in [0, 0.1) is 13.8 Å². The van der Waals surface area contributed by atoms with Crippen LogP contribution in [0.3, 0.4) is 0 Å². The van der Waals surface area contributed by atoms with Crippen molar-refractivity contribution in [3.63, 3.8) is 0 Å². The highest BCUT2D eigenvalue weighted by atomic mass is 127. The van der Waals surface area contributed by atoms with Gasteiger partial charge in [-0.1, -0.05) is 19.4 Å². The molecule has 0 spiro atoms. The van der Waals surface area contributed by atoms with E-state index in [1.165, 1.54) is 24.0 Å². The Kier molecular flexibility index (Phi) is 10.4. The Morgan fingerprint density at radius 2 is 1.81 bits per heavy atom. The molecule has 0 amide bonds. The van der Waals surface area contributed by atoms with E-state index in [4.69, 9.17) is 5.73 Å². The second-order valence-corrected chi connectivity index (χ2v) is 5.43. The number of likely N-dealkylation sites (N-methyl/N-ethyl adjacent to an activating group) is 1. The first kappa shape index (κ1) is 20.2. The molecule has 1 aromatic rings. The van der Waals surface area contributed by atoms with Gasteiger partial charge in [0.1, 0.15) is 0 Å². The molecule has 1 rings (SSSR count). The number of nitrogens with two attached hydrogens (primary N) is 1. The number of halogens is 1. The third-order valence-corrected chi connectivity index (χ3v) is 3.15. The summed E-state index contributed by atoms with van der Waals surface area (Å²) in [6, 6.07) is 6.28. The zero-order valence-corrected chi connectivity index (χ0v) is 16.0. The Balaban J connectivity index is 0.00000400. The molecule has 0 aliphatic carbocycles. The minimum atomic E-state index is 0. The van der Waals surface area contributed by atoms with Gasteiger partial charge in [0.2, 0.25) is 0 Å². The number of guanidine groups is 1. The molecule has 0 aliphatic heterocycles. The van der Waals surface area contributed by atoms with Crippen molar-refractivity contribution >= 4 is 35.6 Å². The van der Waals surface area contributed by atoms with E-state index in [-0.39, 0.29) is 24.0 Å². The summed E-state index contributed by atoms with van der Waals surface area (Å²) in [5.74, 6) is 0.485. The van der Waals surface area contributed by atoms with Crippen molar-refractivity contribution in [2.75, 3.05) is 32.0 Å². The number of hydrogen-bond acceptors (Lipinski definition) is 2. The van der Waals surface area contributed by atoms with Crippen LogP contribution in [0.4, 0.5) is 5.69 Å². The van der Waals surface area contributed by atoms with Gasteiger partial charge in [-0.3, -0.25) is 4.99 Å². The lowest BCUT2D eigenvalue weighted by Crippen LogP contribution is -2.26. The van der Waals surface area contributed by atoms with Crippen LogP contribution in [0.2, 0.25) is 0 Å². The van der Waals surface area contributed by atoms with E-state index in [1.54, 1.807) is 0 Å². The number of anilines is 1. The molecule has 0 unspecified atom stereocenters. The largest absolute Gasteiger partial charge is 0.370 e. The van der Waals surface area contributed by atoms with Gasteiger partial charge in [0.05, 0.1) is 6.54 Å². The van der Waals surface area contributed by atoms with Gasteiger partial charge in [0.25, 0.3) is 0 Å². The van der Waals surface area contributed by atoms with Gasteiger partial charge < -0.3 is 16.0 Å². The Morgan fingerprint density at radius 3 is 2.38 bits per heavy atom. The second kappa shape index (κ2) is 10.8. The Hall–Kier alpha value is -0.820. The van der Waals surface area contributed by atoms with Crippen molar-refractivity contribution in [1.29, 1.82) is 0 Å². The summed E-state index contributed by atoms with van der Waals surface area (Å²) < 4.78 is 0. The highest BCUT2D eigenvalue weighted by Gasteiger charge is 1.99. The summed E-state index contributed by atoms with van der Waals surface area (Å²) in [6.45, 7) is 9.15. The highest BCUT2D eigenvalue weighted by molar-refractivity contribution is 14.0. The zero-order valence-electron chi connectivity index (χ0n) is 13.6. The summed E-state index contributed by atoms with van der Waals surface area (Å²) in [7, 11) is 2.12. The Morgan fingerprint density at radius 1 is 1.19 bits per heavy atom. The molecule has 0 saturated heterocycles. The van der Waals surface area contributed by atoms with Gasteiger partial charge >= 0.3 is 0 Å². The van der Waals surface area contributed by atoms with Crippen LogP contribution in [0.1, 0.15) is 30.9 Å². The Bertz CT molecular complexity index is 426. The van der Waals surface area contributed by atoms with Crippen LogP contribution in [0.25, 0.3) is 0 Å². The summed E-state index contributed by atoms with van der Waals surface area (Å²) in [5.41, 5.74) is 9.36. The van der Waals surface area contributed by atoms with Gasteiger partial charge in [-0.05, 0) is 57.1 Å². The molecule has 4 nitrogen and oxygen atoms in total. The summed E-state index contributed by atoms with van der Waals surface area (Å²) in [6.07, 6.45) is 2.46. The SMILES string of the molecule is CCCCN(C)CCN=C(N)Nc1cc(C)cc(C)c1.I. The maximum Gasteiger partial charge on any atom is 0.193 e. The number of hydrogen-bond donors (Lipinski definition) is 2. The molecular formula is C16H29IN4. The predicted molar refractivity (Wildman–Crippen MR) is 104 cm³/mol. The number of rotatable bonds is 7.